The fourth-order valence-corrected chi connectivity index (χ4v) is 2.99. The number of amides is 1. The van der Waals surface area contributed by atoms with E-state index in [1.165, 1.54) is 0 Å². The lowest BCUT2D eigenvalue weighted by molar-refractivity contribution is -0.116. The number of nitrogens with zero attached hydrogens (tertiary/aromatic N) is 1. The molecule has 1 aromatic carbocycles. The minimum Gasteiger partial charge on any atom is -0.393 e. The molecule has 2 N–H and O–H groups in total. The molecule has 116 valence electrons. The fraction of sp³-hybridized carbons (Fsp3) is 0.533. The van der Waals surface area contributed by atoms with Gasteiger partial charge in [0.15, 0.2) is 0 Å². The molecule has 1 fully saturated rings. The van der Waals surface area contributed by atoms with Crippen molar-refractivity contribution in [2.24, 2.45) is 5.92 Å². The van der Waals surface area contributed by atoms with Gasteiger partial charge in [-0.3, -0.25) is 4.79 Å². The summed E-state index contributed by atoms with van der Waals surface area (Å²) in [5.41, 5.74) is 0.466. The Labute approximate surface area is 135 Å². The number of nitrogens with one attached hydrogen (secondary N) is 1. The Morgan fingerprint density at radius 1 is 1.43 bits per heavy atom. The highest BCUT2D eigenvalue weighted by Crippen LogP contribution is 2.29. The molecule has 1 amide bonds. The smallest absolute Gasteiger partial charge is 0.225 e. The summed E-state index contributed by atoms with van der Waals surface area (Å²) in [6, 6.07) is 5.12. The Morgan fingerprint density at radius 3 is 2.71 bits per heavy atom. The van der Waals surface area contributed by atoms with E-state index < -0.39 is 0 Å². The molecule has 0 aromatic heterocycles. The van der Waals surface area contributed by atoms with Crippen LogP contribution in [0.2, 0.25) is 10.0 Å². The Balaban J connectivity index is 1.83. The van der Waals surface area contributed by atoms with Crippen LogP contribution in [0, 0.1) is 5.92 Å². The molecule has 2 unspecified atom stereocenters. The third kappa shape index (κ3) is 4.58. The number of benzene rings is 1. The second kappa shape index (κ2) is 7.45. The zero-order valence-corrected chi connectivity index (χ0v) is 13.5. The highest BCUT2D eigenvalue weighted by Gasteiger charge is 2.24. The van der Waals surface area contributed by atoms with Gasteiger partial charge in [0.05, 0.1) is 21.8 Å². The van der Waals surface area contributed by atoms with Crippen molar-refractivity contribution in [1.29, 1.82) is 0 Å². The quantitative estimate of drug-likeness (QED) is 0.892. The summed E-state index contributed by atoms with van der Waals surface area (Å²) >= 11 is 12.0. The van der Waals surface area contributed by atoms with Gasteiger partial charge in [-0.2, -0.15) is 0 Å². The van der Waals surface area contributed by atoms with Crippen LogP contribution in [0.25, 0.3) is 0 Å². The van der Waals surface area contributed by atoms with E-state index in [0.717, 1.165) is 19.5 Å². The Hall–Kier alpha value is -0.810. The van der Waals surface area contributed by atoms with E-state index in [-0.39, 0.29) is 17.9 Å². The number of halogens is 2. The summed E-state index contributed by atoms with van der Waals surface area (Å²) in [5.74, 6) is 0.142. The van der Waals surface area contributed by atoms with Gasteiger partial charge in [-0.1, -0.05) is 36.2 Å². The topological polar surface area (TPSA) is 52.6 Å². The molecule has 1 aliphatic rings. The van der Waals surface area contributed by atoms with Gasteiger partial charge in [0.25, 0.3) is 0 Å². The summed E-state index contributed by atoms with van der Waals surface area (Å²) in [7, 11) is 0. The van der Waals surface area contributed by atoms with Crippen molar-refractivity contribution in [3.63, 3.8) is 0 Å². The molecule has 0 spiro atoms. The average molecular weight is 331 g/mol. The largest absolute Gasteiger partial charge is 0.393 e. The highest BCUT2D eigenvalue weighted by atomic mass is 35.5. The van der Waals surface area contributed by atoms with Gasteiger partial charge >= 0.3 is 0 Å². The summed E-state index contributed by atoms with van der Waals surface area (Å²) in [6.07, 6.45) is 0.917. The Morgan fingerprint density at radius 2 is 2.10 bits per heavy atom. The number of piperidine rings is 1. The van der Waals surface area contributed by atoms with Crippen molar-refractivity contribution in [2.75, 3.05) is 25.0 Å². The van der Waals surface area contributed by atoms with Crippen LogP contribution in [-0.2, 0) is 4.79 Å². The summed E-state index contributed by atoms with van der Waals surface area (Å²) in [4.78, 5) is 14.2. The number of carbonyl (C=O) groups excluding carboxylic acids is 1. The third-order valence-corrected chi connectivity index (χ3v) is 4.46. The number of rotatable bonds is 4. The maximum Gasteiger partial charge on any atom is 0.225 e. The first-order valence-electron chi connectivity index (χ1n) is 7.11. The summed E-state index contributed by atoms with van der Waals surface area (Å²) < 4.78 is 0. The number of hydrogen-bond acceptors (Lipinski definition) is 3. The molecule has 0 radical (unpaired) electrons. The first-order valence-corrected chi connectivity index (χ1v) is 7.87. The number of aliphatic hydroxyl groups is 1. The Kier molecular flexibility index (Phi) is 5.88. The van der Waals surface area contributed by atoms with Gasteiger partial charge < -0.3 is 15.3 Å². The molecule has 0 saturated carbocycles. The van der Waals surface area contributed by atoms with Crippen molar-refractivity contribution in [3.05, 3.63) is 28.2 Å². The SMILES string of the molecule is CC1CN(CCC(=O)Nc2c(Cl)cccc2Cl)CCC1O. The predicted molar refractivity (Wildman–Crippen MR) is 85.9 cm³/mol. The molecule has 1 saturated heterocycles. The van der Waals surface area contributed by atoms with Crippen LogP contribution in [0.5, 0.6) is 0 Å². The number of aliphatic hydroxyl groups excluding tert-OH is 1. The van der Waals surface area contributed by atoms with Crippen molar-refractivity contribution in [3.8, 4) is 0 Å². The number of hydrogen-bond donors (Lipinski definition) is 2. The highest BCUT2D eigenvalue weighted by molar-refractivity contribution is 6.39. The van der Waals surface area contributed by atoms with E-state index in [9.17, 15) is 9.90 Å². The van der Waals surface area contributed by atoms with Crippen LogP contribution in [0.4, 0.5) is 5.69 Å². The lowest BCUT2D eigenvalue weighted by Crippen LogP contribution is -2.42. The molecule has 4 nitrogen and oxygen atoms in total. The molecule has 0 bridgehead atoms. The van der Waals surface area contributed by atoms with Gasteiger partial charge in [0, 0.05) is 26.1 Å². The van der Waals surface area contributed by atoms with Gasteiger partial charge in [0.2, 0.25) is 5.91 Å². The number of carbonyl (C=O) groups is 1. The standard InChI is InChI=1S/C15H20Cl2N2O2/c1-10-9-19(7-5-13(10)20)8-6-14(21)18-15-11(16)3-2-4-12(15)17/h2-4,10,13,20H,5-9H2,1H3,(H,18,21). The van der Waals surface area contributed by atoms with Crippen LogP contribution in [-0.4, -0.2) is 41.7 Å². The lowest BCUT2D eigenvalue weighted by atomic mass is 9.97. The summed E-state index contributed by atoms with van der Waals surface area (Å²) in [6.45, 7) is 4.35. The lowest BCUT2D eigenvalue weighted by Gasteiger charge is -2.34. The summed E-state index contributed by atoms with van der Waals surface area (Å²) in [5, 5.41) is 13.3. The number of anilines is 1. The molecule has 2 rings (SSSR count). The molecular formula is C15H20Cl2N2O2. The average Bonchev–Trinajstić information content (AvgIpc) is 2.44. The van der Waals surface area contributed by atoms with Crippen LogP contribution in [0.15, 0.2) is 18.2 Å². The maximum atomic E-state index is 12.0. The van der Waals surface area contributed by atoms with Gasteiger partial charge in [0.1, 0.15) is 0 Å². The van der Waals surface area contributed by atoms with Crippen LogP contribution >= 0.6 is 23.2 Å². The third-order valence-electron chi connectivity index (χ3n) is 3.83. The zero-order chi connectivity index (χ0) is 15.4. The maximum absolute atomic E-state index is 12.0. The normalized spacial score (nSPS) is 23.0. The molecule has 1 aliphatic heterocycles. The van der Waals surface area contributed by atoms with E-state index >= 15 is 0 Å². The molecule has 0 aliphatic carbocycles. The van der Waals surface area contributed by atoms with E-state index in [1.54, 1.807) is 18.2 Å². The van der Waals surface area contributed by atoms with Crippen LogP contribution < -0.4 is 5.32 Å². The van der Waals surface area contributed by atoms with Crippen molar-refractivity contribution < 1.29 is 9.90 Å². The van der Waals surface area contributed by atoms with Gasteiger partial charge in [-0.15, -0.1) is 0 Å². The molecule has 1 aromatic rings. The number of likely N-dealkylation sites (tertiary alicyclic amines) is 1. The number of para-hydroxylation sites is 1. The fourth-order valence-electron chi connectivity index (χ4n) is 2.50. The van der Waals surface area contributed by atoms with Crippen LogP contribution in [0.1, 0.15) is 19.8 Å². The minimum absolute atomic E-state index is 0.108. The zero-order valence-electron chi connectivity index (χ0n) is 12.0. The van der Waals surface area contributed by atoms with E-state index in [4.69, 9.17) is 23.2 Å². The second-order valence-electron chi connectivity index (χ2n) is 5.53. The Bertz CT molecular complexity index is 490. The van der Waals surface area contributed by atoms with Gasteiger partial charge in [-0.05, 0) is 24.5 Å². The second-order valence-corrected chi connectivity index (χ2v) is 6.34. The van der Waals surface area contributed by atoms with E-state index in [0.29, 0.717) is 28.7 Å². The van der Waals surface area contributed by atoms with Crippen LogP contribution in [0.3, 0.4) is 0 Å². The molecule has 1 heterocycles. The van der Waals surface area contributed by atoms with E-state index in [1.807, 2.05) is 6.92 Å². The van der Waals surface area contributed by atoms with E-state index in [2.05, 4.69) is 10.2 Å². The molecule has 21 heavy (non-hydrogen) atoms. The van der Waals surface area contributed by atoms with Crippen molar-refractivity contribution in [2.45, 2.75) is 25.9 Å². The van der Waals surface area contributed by atoms with Crippen molar-refractivity contribution >= 4 is 34.8 Å². The first-order chi connectivity index (χ1) is 9.97. The molecular weight excluding hydrogens is 311 g/mol. The molecule has 2 atom stereocenters. The monoisotopic (exact) mass is 330 g/mol. The molecule has 6 heteroatoms. The predicted octanol–water partition coefficient (Wildman–Crippen LogP) is 3.02. The minimum atomic E-state index is -0.225. The van der Waals surface area contributed by atoms with Crippen molar-refractivity contribution in [1.82, 2.24) is 4.90 Å². The first kappa shape index (κ1) is 16.6. The van der Waals surface area contributed by atoms with Gasteiger partial charge in [-0.25, -0.2) is 0 Å².